The van der Waals surface area contributed by atoms with Crippen LogP contribution in [0.4, 0.5) is 4.39 Å². The molecule has 1 aromatic carbocycles. The predicted molar refractivity (Wildman–Crippen MR) is 94.7 cm³/mol. The average molecular weight is 344 g/mol. The number of carbonyl (C=O) groups excluding carboxylic acids is 2. The van der Waals surface area contributed by atoms with Crippen molar-refractivity contribution in [1.29, 1.82) is 0 Å². The second-order valence-electron chi connectivity index (χ2n) is 7.23. The fraction of sp³-hybridized carbons (Fsp3) is 0.500. The van der Waals surface area contributed by atoms with E-state index >= 15 is 0 Å². The minimum atomic E-state index is -0.361. The highest BCUT2D eigenvalue weighted by molar-refractivity contribution is 5.94. The summed E-state index contributed by atoms with van der Waals surface area (Å²) in [5, 5.41) is 3.02. The van der Waals surface area contributed by atoms with Crippen molar-refractivity contribution in [3.05, 3.63) is 47.8 Å². The second kappa shape index (κ2) is 6.98. The minimum absolute atomic E-state index is 0.0670. The Labute approximate surface area is 148 Å². The van der Waals surface area contributed by atoms with Gasteiger partial charge in [0, 0.05) is 30.1 Å². The molecule has 1 heterocycles. The van der Waals surface area contributed by atoms with Crippen LogP contribution in [0.15, 0.2) is 30.9 Å². The number of likely N-dealkylation sites (tertiary alicyclic amines) is 1. The van der Waals surface area contributed by atoms with Gasteiger partial charge in [-0.1, -0.05) is 12.1 Å². The molecule has 1 aliphatic carbocycles. The zero-order valence-electron chi connectivity index (χ0n) is 14.7. The first kappa shape index (κ1) is 17.6. The number of aryl methyl sites for hydroxylation is 1. The summed E-state index contributed by atoms with van der Waals surface area (Å²) in [5.41, 5.74) is 0.819. The third-order valence-corrected chi connectivity index (χ3v) is 5.68. The van der Waals surface area contributed by atoms with Gasteiger partial charge in [0.15, 0.2) is 0 Å². The SMILES string of the molecule is C=CCN1C(=O)CCC12CCC(NC(=O)c1ccc(C)c(F)c1)CC2. The van der Waals surface area contributed by atoms with Gasteiger partial charge < -0.3 is 10.2 Å². The summed E-state index contributed by atoms with van der Waals surface area (Å²) >= 11 is 0. The summed E-state index contributed by atoms with van der Waals surface area (Å²) in [6.45, 7) is 6.03. The molecule has 134 valence electrons. The van der Waals surface area contributed by atoms with Crippen molar-refractivity contribution < 1.29 is 14.0 Å². The molecular weight excluding hydrogens is 319 g/mol. The third kappa shape index (κ3) is 3.46. The van der Waals surface area contributed by atoms with Gasteiger partial charge in [-0.25, -0.2) is 4.39 Å². The highest BCUT2D eigenvalue weighted by atomic mass is 19.1. The number of nitrogens with zero attached hydrogens (tertiary/aromatic N) is 1. The van der Waals surface area contributed by atoms with Crippen LogP contribution in [0.3, 0.4) is 0 Å². The van der Waals surface area contributed by atoms with Gasteiger partial charge in [-0.05, 0) is 56.7 Å². The zero-order chi connectivity index (χ0) is 18.0. The lowest BCUT2D eigenvalue weighted by Crippen LogP contribution is -2.51. The lowest BCUT2D eigenvalue weighted by Gasteiger charge is -2.43. The van der Waals surface area contributed by atoms with Crippen LogP contribution in [0.2, 0.25) is 0 Å². The molecule has 1 spiro atoms. The summed E-state index contributed by atoms with van der Waals surface area (Å²) in [7, 11) is 0. The molecule has 0 radical (unpaired) electrons. The van der Waals surface area contributed by atoms with Gasteiger partial charge in [0.25, 0.3) is 5.91 Å². The topological polar surface area (TPSA) is 49.4 Å². The molecule has 4 nitrogen and oxygen atoms in total. The number of hydrogen-bond donors (Lipinski definition) is 1. The van der Waals surface area contributed by atoms with Crippen molar-refractivity contribution in [2.24, 2.45) is 0 Å². The monoisotopic (exact) mass is 344 g/mol. The van der Waals surface area contributed by atoms with E-state index in [1.807, 2.05) is 4.90 Å². The van der Waals surface area contributed by atoms with E-state index in [0.29, 0.717) is 24.1 Å². The molecule has 0 atom stereocenters. The minimum Gasteiger partial charge on any atom is -0.349 e. The quantitative estimate of drug-likeness (QED) is 0.852. The lowest BCUT2D eigenvalue weighted by molar-refractivity contribution is -0.131. The van der Waals surface area contributed by atoms with E-state index in [1.165, 1.54) is 6.07 Å². The molecule has 0 bridgehead atoms. The molecular formula is C20H25FN2O2. The highest BCUT2D eigenvalue weighted by Crippen LogP contribution is 2.42. The van der Waals surface area contributed by atoms with E-state index in [1.54, 1.807) is 25.1 Å². The molecule has 0 aromatic heterocycles. The number of carbonyl (C=O) groups is 2. The Bertz CT molecular complexity index is 693. The van der Waals surface area contributed by atoms with Gasteiger partial charge in [-0.15, -0.1) is 6.58 Å². The number of nitrogens with one attached hydrogen (secondary N) is 1. The zero-order valence-corrected chi connectivity index (χ0v) is 14.7. The van der Waals surface area contributed by atoms with Gasteiger partial charge in [-0.3, -0.25) is 9.59 Å². The van der Waals surface area contributed by atoms with Crippen LogP contribution in [-0.2, 0) is 4.79 Å². The Morgan fingerprint density at radius 1 is 1.40 bits per heavy atom. The van der Waals surface area contributed by atoms with E-state index in [0.717, 1.165) is 32.1 Å². The van der Waals surface area contributed by atoms with Crippen molar-refractivity contribution in [1.82, 2.24) is 10.2 Å². The van der Waals surface area contributed by atoms with Gasteiger partial charge >= 0.3 is 0 Å². The maximum absolute atomic E-state index is 13.6. The molecule has 2 amide bonds. The van der Waals surface area contributed by atoms with Gasteiger partial charge in [0.05, 0.1) is 0 Å². The van der Waals surface area contributed by atoms with Gasteiger partial charge in [0.1, 0.15) is 5.82 Å². The van der Waals surface area contributed by atoms with Crippen LogP contribution in [0.1, 0.15) is 54.4 Å². The summed E-state index contributed by atoms with van der Waals surface area (Å²) in [6, 6.07) is 4.64. The first-order valence-electron chi connectivity index (χ1n) is 8.93. The van der Waals surface area contributed by atoms with E-state index in [2.05, 4.69) is 11.9 Å². The molecule has 5 heteroatoms. The maximum atomic E-state index is 13.6. The standard InChI is InChI=1S/C20H25FN2O2/c1-3-12-23-18(24)8-11-20(23)9-6-16(7-10-20)22-19(25)15-5-4-14(2)17(21)13-15/h3-5,13,16H,1,6-12H2,2H3,(H,22,25). The average Bonchev–Trinajstić information content (AvgIpc) is 2.89. The molecule has 0 unspecified atom stereocenters. The fourth-order valence-electron chi connectivity index (χ4n) is 4.12. The summed E-state index contributed by atoms with van der Waals surface area (Å²) in [5.74, 6) is -0.386. The smallest absolute Gasteiger partial charge is 0.251 e. The molecule has 1 aromatic rings. The number of amides is 2. The van der Waals surface area contributed by atoms with Gasteiger partial charge in [-0.2, -0.15) is 0 Å². The van der Waals surface area contributed by atoms with E-state index in [-0.39, 0.29) is 29.2 Å². The third-order valence-electron chi connectivity index (χ3n) is 5.68. The molecule has 25 heavy (non-hydrogen) atoms. The predicted octanol–water partition coefficient (Wildman–Crippen LogP) is 3.35. The fourth-order valence-corrected chi connectivity index (χ4v) is 4.12. The molecule has 1 saturated carbocycles. The van der Waals surface area contributed by atoms with Crippen LogP contribution < -0.4 is 5.32 Å². The maximum Gasteiger partial charge on any atom is 0.251 e. The van der Waals surface area contributed by atoms with Crippen molar-refractivity contribution in [3.63, 3.8) is 0 Å². The Morgan fingerprint density at radius 3 is 2.76 bits per heavy atom. The van der Waals surface area contributed by atoms with Crippen LogP contribution in [0.5, 0.6) is 0 Å². The largest absolute Gasteiger partial charge is 0.349 e. The molecule has 1 N–H and O–H groups in total. The molecule has 3 rings (SSSR count). The lowest BCUT2D eigenvalue weighted by atomic mass is 9.77. The van der Waals surface area contributed by atoms with Crippen LogP contribution in [0.25, 0.3) is 0 Å². The number of halogens is 1. The number of rotatable bonds is 4. The number of hydrogen-bond acceptors (Lipinski definition) is 2. The van der Waals surface area contributed by atoms with Crippen molar-refractivity contribution >= 4 is 11.8 Å². The second-order valence-corrected chi connectivity index (χ2v) is 7.23. The van der Waals surface area contributed by atoms with Crippen molar-refractivity contribution in [3.8, 4) is 0 Å². The Balaban J connectivity index is 1.60. The summed E-state index contributed by atoms with van der Waals surface area (Å²) in [6.07, 6.45) is 6.73. The van der Waals surface area contributed by atoms with E-state index < -0.39 is 0 Å². The van der Waals surface area contributed by atoms with Crippen LogP contribution in [0, 0.1) is 12.7 Å². The highest BCUT2D eigenvalue weighted by Gasteiger charge is 2.46. The normalized spacial score (nSPS) is 26.1. The summed E-state index contributed by atoms with van der Waals surface area (Å²) < 4.78 is 13.6. The van der Waals surface area contributed by atoms with E-state index in [9.17, 15) is 14.0 Å². The van der Waals surface area contributed by atoms with Gasteiger partial charge in [0.2, 0.25) is 5.91 Å². The van der Waals surface area contributed by atoms with Crippen LogP contribution in [-0.4, -0.2) is 34.8 Å². The first-order chi connectivity index (χ1) is 11.9. The first-order valence-corrected chi connectivity index (χ1v) is 8.93. The van der Waals surface area contributed by atoms with Crippen molar-refractivity contribution in [2.45, 2.75) is 57.0 Å². The Kier molecular flexibility index (Phi) is 4.93. The van der Waals surface area contributed by atoms with Crippen molar-refractivity contribution in [2.75, 3.05) is 6.54 Å². The van der Waals surface area contributed by atoms with Crippen LogP contribution >= 0.6 is 0 Å². The Morgan fingerprint density at radius 2 is 2.12 bits per heavy atom. The molecule has 2 fully saturated rings. The Hall–Kier alpha value is -2.17. The molecule has 1 saturated heterocycles. The van der Waals surface area contributed by atoms with E-state index in [4.69, 9.17) is 0 Å². The number of benzene rings is 1. The summed E-state index contributed by atoms with van der Waals surface area (Å²) in [4.78, 5) is 26.4. The molecule has 1 aliphatic heterocycles. The molecule has 2 aliphatic rings.